The van der Waals surface area contributed by atoms with Crippen LogP contribution >= 0.6 is 23.2 Å². The Labute approximate surface area is 252 Å². The van der Waals surface area contributed by atoms with Gasteiger partial charge in [-0.1, -0.05) is 59.6 Å². The summed E-state index contributed by atoms with van der Waals surface area (Å²) >= 11 is 12.7. The van der Waals surface area contributed by atoms with E-state index in [1.165, 1.54) is 0 Å². The van der Waals surface area contributed by atoms with Crippen LogP contribution in [0.5, 0.6) is 0 Å². The topological polar surface area (TPSA) is 93.1 Å². The summed E-state index contributed by atoms with van der Waals surface area (Å²) in [6, 6.07) is 23.0. The number of morpholine rings is 1. The van der Waals surface area contributed by atoms with Crippen LogP contribution in [0.2, 0.25) is 10.0 Å². The summed E-state index contributed by atoms with van der Waals surface area (Å²) in [5.74, 6) is 0.403. The van der Waals surface area contributed by atoms with Crippen LogP contribution in [0, 0.1) is 0 Å². The highest BCUT2D eigenvalue weighted by atomic mass is 35.5. The van der Waals surface area contributed by atoms with Gasteiger partial charge in [-0.15, -0.1) is 0 Å². The highest BCUT2D eigenvalue weighted by Gasteiger charge is 2.25. The lowest BCUT2D eigenvalue weighted by molar-refractivity contribution is 0.0277. The highest BCUT2D eigenvalue weighted by molar-refractivity contribution is 6.36. The molecule has 2 atom stereocenters. The molecular formula is C32H28Cl2N6O2. The molecule has 0 amide bonds. The predicted molar refractivity (Wildman–Crippen MR) is 168 cm³/mol. The van der Waals surface area contributed by atoms with Gasteiger partial charge in [-0.2, -0.15) is 4.98 Å². The molecule has 0 spiro atoms. The molecule has 1 fully saturated rings. The zero-order valence-electron chi connectivity index (χ0n) is 22.6. The van der Waals surface area contributed by atoms with Gasteiger partial charge >= 0.3 is 0 Å². The van der Waals surface area contributed by atoms with E-state index in [0.717, 1.165) is 41.0 Å². The molecule has 3 N–H and O–H groups in total. The Morgan fingerprint density at radius 1 is 0.976 bits per heavy atom. The zero-order valence-corrected chi connectivity index (χ0v) is 24.1. The Morgan fingerprint density at radius 2 is 1.83 bits per heavy atom. The number of rotatable bonds is 5. The normalized spacial score (nSPS) is 18.3. The van der Waals surface area contributed by atoms with Crippen molar-refractivity contribution in [1.29, 1.82) is 0 Å². The third kappa shape index (κ3) is 5.23. The molecule has 5 aromatic rings. The summed E-state index contributed by atoms with van der Waals surface area (Å²) in [6.07, 6.45) is 2.47. The second kappa shape index (κ2) is 11.4. The average molecular weight is 600 g/mol. The molecule has 1 saturated heterocycles. The van der Waals surface area contributed by atoms with Crippen molar-refractivity contribution in [2.45, 2.75) is 18.6 Å². The van der Waals surface area contributed by atoms with Crippen LogP contribution in [0.3, 0.4) is 0 Å². The van der Waals surface area contributed by atoms with Crippen LogP contribution in [0.15, 0.2) is 83.8 Å². The number of hydrogen-bond donors (Lipinski definition) is 3. The van der Waals surface area contributed by atoms with Crippen LogP contribution in [-0.2, 0) is 11.2 Å². The fourth-order valence-electron chi connectivity index (χ4n) is 5.72. The van der Waals surface area contributed by atoms with Crippen molar-refractivity contribution in [1.82, 2.24) is 19.9 Å². The van der Waals surface area contributed by atoms with Crippen molar-refractivity contribution in [3.63, 3.8) is 0 Å². The molecule has 0 bridgehead atoms. The maximum Gasteiger partial charge on any atom is 0.260 e. The van der Waals surface area contributed by atoms with E-state index in [1.807, 2.05) is 42.5 Å². The van der Waals surface area contributed by atoms with Crippen molar-refractivity contribution in [3.8, 4) is 11.1 Å². The zero-order chi connectivity index (χ0) is 28.6. The van der Waals surface area contributed by atoms with E-state index in [4.69, 9.17) is 32.9 Å². The summed E-state index contributed by atoms with van der Waals surface area (Å²) in [7, 11) is 0. The number of fused-ring (bicyclic) bond motifs is 2. The second-order valence-corrected chi connectivity index (χ2v) is 11.4. The first-order chi connectivity index (χ1) is 20.5. The maximum atomic E-state index is 14.2. The number of ether oxygens (including phenoxy) is 1. The highest BCUT2D eigenvalue weighted by Crippen LogP contribution is 2.33. The van der Waals surface area contributed by atoms with E-state index in [-0.39, 0.29) is 17.7 Å². The smallest absolute Gasteiger partial charge is 0.260 e. The number of anilines is 3. The summed E-state index contributed by atoms with van der Waals surface area (Å²) in [6.45, 7) is 2.95. The van der Waals surface area contributed by atoms with Gasteiger partial charge in [-0.25, -0.2) is 4.98 Å². The molecule has 3 aromatic carbocycles. The molecule has 0 saturated carbocycles. The first kappa shape index (κ1) is 26.9. The maximum absolute atomic E-state index is 14.2. The number of hydrogen-bond acceptors (Lipinski definition) is 7. The van der Waals surface area contributed by atoms with E-state index >= 15 is 0 Å². The second-order valence-electron chi connectivity index (χ2n) is 10.5. The van der Waals surface area contributed by atoms with Crippen molar-refractivity contribution in [2.24, 2.45) is 0 Å². The molecule has 2 aliphatic heterocycles. The Hall–Kier alpha value is -3.95. The summed E-state index contributed by atoms with van der Waals surface area (Å²) in [4.78, 5) is 23.7. The minimum Gasteiger partial charge on any atom is -0.383 e. The average Bonchev–Trinajstić information content (AvgIpc) is 3.02. The Bertz CT molecular complexity index is 1840. The molecule has 0 radical (unpaired) electrons. The largest absolute Gasteiger partial charge is 0.383 e. The van der Waals surface area contributed by atoms with Gasteiger partial charge in [0.2, 0.25) is 5.95 Å². The summed E-state index contributed by atoms with van der Waals surface area (Å²) in [5, 5.41) is 11.8. The molecule has 42 heavy (non-hydrogen) atoms. The van der Waals surface area contributed by atoms with Gasteiger partial charge in [0.25, 0.3) is 5.56 Å². The lowest BCUT2D eigenvalue weighted by Crippen LogP contribution is -2.34. The van der Waals surface area contributed by atoms with Gasteiger partial charge in [0.1, 0.15) is 5.65 Å². The van der Waals surface area contributed by atoms with Gasteiger partial charge < -0.3 is 20.7 Å². The lowest BCUT2D eigenvalue weighted by atomic mass is 9.98. The van der Waals surface area contributed by atoms with E-state index < -0.39 is 0 Å². The lowest BCUT2D eigenvalue weighted by Gasteiger charge is -2.29. The monoisotopic (exact) mass is 598 g/mol. The van der Waals surface area contributed by atoms with Gasteiger partial charge in [-0.3, -0.25) is 9.36 Å². The number of nitrogens with zero attached hydrogens (tertiary/aromatic N) is 3. The van der Waals surface area contributed by atoms with Crippen LogP contribution in [0.25, 0.3) is 22.2 Å². The molecule has 0 aliphatic carbocycles. The van der Waals surface area contributed by atoms with Crippen LogP contribution < -0.4 is 21.5 Å². The van der Waals surface area contributed by atoms with Crippen LogP contribution in [0.1, 0.15) is 23.3 Å². The molecular weight excluding hydrogens is 571 g/mol. The quantitative estimate of drug-likeness (QED) is 0.216. The minimum atomic E-state index is -0.174. The molecule has 2 unspecified atom stereocenters. The number of pyridine rings is 1. The number of nitrogens with one attached hydrogen (secondary N) is 3. The van der Waals surface area contributed by atoms with Gasteiger partial charge in [-0.05, 0) is 53.9 Å². The molecule has 7 rings (SSSR count). The van der Waals surface area contributed by atoms with E-state index in [0.29, 0.717) is 52.3 Å². The summed E-state index contributed by atoms with van der Waals surface area (Å²) < 4.78 is 7.65. The number of halogens is 2. The first-order valence-electron chi connectivity index (χ1n) is 13.9. The van der Waals surface area contributed by atoms with Crippen molar-refractivity contribution < 1.29 is 4.74 Å². The minimum absolute atomic E-state index is 0.0386. The fourth-order valence-corrected chi connectivity index (χ4v) is 6.23. The van der Waals surface area contributed by atoms with Crippen molar-refractivity contribution in [3.05, 3.63) is 111 Å². The van der Waals surface area contributed by atoms with Crippen LogP contribution in [-0.4, -0.2) is 40.8 Å². The standard InChI is InChI=1S/C32H28Cl2N6O2/c33-22-7-10-25(27(34)15-22)26-14-21-16-37-32(38-23-8-5-19(6-9-23)29-18-35-11-12-42-29)39-30(21)40(31(26)41)24-13-20-3-1-2-4-28(20)36-17-24/h1-10,14-16,24,29,35-36H,11-13,17-18H2,(H,37,38,39). The molecule has 2 aromatic heterocycles. The van der Waals surface area contributed by atoms with E-state index in [2.05, 4.69) is 33.1 Å². The first-order valence-corrected chi connectivity index (χ1v) is 14.7. The van der Waals surface area contributed by atoms with E-state index in [9.17, 15) is 4.79 Å². The number of aromatic nitrogens is 3. The van der Waals surface area contributed by atoms with E-state index in [1.54, 1.807) is 29.0 Å². The molecule has 10 heteroatoms. The molecule has 212 valence electrons. The van der Waals surface area contributed by atoms with Crippen molar-refractivity contribution in [2.75, 3.05) is 36.9 Å². The van der Waals surface area contributed by atoms with Gasteiger partial charge in [0.15, 0.2) is 0 Å². The fraction of sp³-hybridized carbons (Fsp3) is 0.219. The Kier molecular flexibility index (Phi) is 7.29. The Morgan fingerprint density at radius 3 is 2.64 bits per heavy atom. The number of benzene rings is 3. The van der Waals surface area contributed by atoms with Crippen molar-refractivity contribution >= 4 is 51.6 Å². The SMILES string of the molecule is O=c1c(-c2ccc(Cl)cc2Cl)cc2cnc(Nc3ccc(C4CNCCO4)cc3)nc2n1C1CNc2ccccc2C1. The Balaban J connectivity index is 1.29. The third-order valence-corrected chi connectivity index (χ3v) is 8.37. The molecule has 2 aliphatic rings. The van der Waals surface area contributed by atoms with Gasteiger partial charge in [0, 0.05) is 58.7 Å². The number of para-hydroxylation sites is 1. The third-order valence-electron chi connectivity index (χ3n) is 7.83. The van der Waals surface area contributed by atoms with Crippen LogP contribution in [0.4, 0.5) is 17.3 Å². The molecule has 8 nitrogen and oxygen atoms in total. The predicted octanol–water partition coefficient (Wildman–Crippen LogP) is 6.38. The summed E-state index contributed by atoms with van der Waals surface area (Å²) in [5.41, 5.74) is 5.65. The molecule has 4 heterocycles. The van der Waals surface area contributed by atoms with Gasteiger partial charge in [0.05, 0.1) is 23.8 Å².